The van der Waals surface area contributed by atoms with Gasteiger partial charge in [0.25, 0.3) is 0 Å². The minimum Gasteiger partial charge on any atom is -0.496 e. The van der Waals surface area contributed by atoms with Crippen LogP contribution in [0.3, 0.4) is 0 Å². The summed E-state index contributed by atoms with van der Waals surface area (Å²) in [4.78, 5) is 13.6. The van der Waals surface area contributed by atoms with Crippen LogP contribution in [0.1, 0.15) is 78.9 Å². The van der Waals surface area contributed by atoms with Crippen LogP contribution in [0, 0.1) is 6.92 Å². The van der Waals surface area contributed by atoms with Gasteiger partial charge in [0.1, 0.15) is 11.5 Å². The summed E-state index contributed by atoms with van der Waals surface area (Å²) >= 11 is 1.70. The first-order valence-electron chi connectivity index (χ1n) is 14.5. The molecule has 0 radical (unpaired) electrons. The Kier molecular flexibility index (Phi) is 9.89. The van der Waals surface area contributed by atoms with Crippen molar-refractivity contribution < 1.29 is 28.2 Å². The fourth-order valence-corrected chi connectivity index (χ4v) is 7.73. The van der Waals surface area contributed by atoms with Crippen molar-refractivity contribution in [3.8, 4) is 11.5 Å². The summed E-state index contributed by atoms with van der Waals surface area (Å²) in [6.07, 6.45) is 4.77. The fourth-order valence-electron chi connectivity index (χ4n) is 5.32. The molecule has 224 valence electrons. The highest BCUT2D eigenvalue weighted by Crippen LogP contribution is 2.44. The van der Waals surface area contributed by atoms with Gasteiger partial charge in [-0.15, -0.1) is 11.3 Å². The minimum absolute atomic E-state index is 0.00898. The molecule has 1 heterocycles. The predicted molar refractivity (Wildman–Crippen MR) is 169 cm³/mol. The Hall–Kier alpha value is -2.39. The molecule has 0 amide bonds. The first kappa shape index (κ1) is 31.5. The van der Waals surface area contributed by atoms with Gasteiger partial charge in [-0.25, -0.2) is 4.79 Å². The Bertz CT molecular complexity index is 1330. The van der Waals surface area contributed by atoms with Crippen LogP contribution in [-0.4, -0.2) is 47.8 Å². The summed E-state index contributed by atoms with van der Waals surface area (Å²) < 4.78 is 31.9. The van der Waals surface area contributed by atoms with Gasteiger partial charge in [0.15, 0.2) is 8.32 Å². The minimum atomic E-state index is -2.24. The molecule has 2 aromatic carbocycles. The summed E-state index contributed by atoms with van der Waals surface area (Å²) in [5.41, 5.74) is 2.54. The Balaban J connectivity index is 1.83. The number of esters is 1. The maximum atomic E-state index is 12.5. The molecule has 0 unspecified atom stereocenters. The molecule has 0 bridgehead atoms. The Morgan fingerprint density at radius 1 is 1.02 bits per heavy atom. The van der Waals surface area contributed by atoms with Gasteiger partial charge in [0, 0.05) is 26.9 Å². The molecule has 3 aromatic rings. The lowest BCUT2D eigenvalue weighted by atomic mass is 9.98. The molecule has 0 saturated heterocycles. The molecule has 1 saturated carbocycles. The quantitative estimate of drug-likeness (QED) is 0.163. The standard InChI is InChI=1S/C33H46O6SSi/c1-21-27(35-5)17-22(18-28(21)36-6)31(39-41(8,9)33(2,3)4)29(38-23-13-10-11-14-23)20-24-19-26-25(32(34)37-7)15-12-16-30(26)40-24/h12,15-19,23,29,31H,10-11,13-14,20H2,1-9H3/t29-,31+/m0/s1. The van der Waals surface area contributed by atoms with E-state index in [9.17, 15) is 4.79 Å². The predicted octanol–water partition coefficient (Wildman–Crippen LogP) is 8.65. The zero-order valence-corrected chi connectivity index (χ0v) is 27.9. The van der Waals surface area contributed by atoms with Crippen LogP contribution < -0.4 is 9.47 Å². The van der Waals surface area contributed by atoms with Crippen LogP contribution in [0.5, 0.6) is 11.5 Å². The van der Waals surface area contributed by atoms with E-state index in [1.807, 2.05) is 19.1 Å². The second kappa shape index (κ2) is 12.9. The maximum absolute atomic E-state index is 12.5. The van der Waals surface area contributed by atoms with Crippen molar-refractivity contribution in [1.29, 1.82) is 0 Å². The smallest absolute Gasteiger partial charge is 0.338 e. The van der Waals surface area contributed by atoms with Gasteiger partial charge in [-0.3, -0.25) is 0 Å². The third-order valence-corrected chi connectivity index (χ3v) is 14.3. The molecule has 8 heteroatoms. The number of ether oxygens (including phenoxy) is 4. The zero-order chi connectivity index (χ0) is 29.9. The van der Waals surface area contributed by atoms with E-state index >= 15 is 0 Å². The summed E-state index contributed by atoms with van der Waals surface area (Å²) in [5, 5.41) is 0.925. The van der Waals surface area contributed by atoms with E-state index in [1.165, 1.54) is 20.0 Å². The van der Waals surface area contributed by atoms with Gasteiger partial charge in [-0.2, -0.15) is 0 Å². The summed E-state index contributed by atoms with van der Waals surface area (Å²) in [6.45, 7) is 13.4. The number of benzene rings is 2. The molecule has 0 N–H and O–H groups in total. The van der Waals surface area contributed by atoms with Gasteiger partial charge >= 0.3 is 5.97 Å². The van der Waals surface area contributed by atoms with Crippen LogP contribution >= 0.6 is 11.3 Å². The molecule has 0 aliphatic heterocycles. The van der Waals surface area contributed by atoms with E-state index in [1.54, 1.807) is 25.6 Å². The van der Waals surface area contributed by atoms with Crippen LogP contribution in [0.15, 0.2) is 36.4 Å². The molecular formula is C33H46O6SSi. The number of rotatable bonds is 11. The molecule has 1 aliphatic rings. The largest absolute Gasteiger partial charge is 0.496 e. The molecule has 4 rings (SSSR count). The Labute approximate surface area is 250 Å². The molecule has 2 atom stereocenters. The monoisotopic (exact) mass is 598 g/mol. The van der Waals surface area contributed by atoms with E-state index in [-0.39, 0.29) is 29.3 Å². The second-order valence-electron chi connectivity index (χ2n) is 12.6. The van der Waals surface area contributed by atoms with Gasteiger partial charge in [0.2, 0.25) is 0 Å². The van der Waals surface area contributed by atoms with E-state index in [4.69, 9.17) is 23.4 Å². The van der Waals surface area contributed by atoms with E-state index in [2.05, 4.69) is 58.1 Å². The number of carbonyl (C=O) groups excluding carboxylic acids is 1. The van der Waals surface area contributed by atoms with Crippen molar-refractivity contribution >= 4 is 35.7 Å². The lowest BCUT2D eigenvalue weighted by Crippen LogP contribution is -2.45. The highest BCUT2D eigenvalue weighted by molar-refractivity contribution is 7.19. The number of fused-ring (bicyclic) bond motifs is 1. The van der Waals surface area contributed by atoms with Crippen LogP contribution in [0.25, 0.3) is 10.1 Å². The average Bonchev–Trinajstić information content (AvgIpc) is 3.60. The SMILES string of the molecule is COC(=O)c1cccc2sc(C[C@H](OC3CCCC3)[C@H](O[Si](C)(C)C(C)(C)C)c3cc(OC)c(C)c(OC)c3)cc12. The van der Waals surface area contributed by atoms with Crippen molar-refractivity contribution in [3.63, 3.8) is 0 Å². The number of thiophene rings is 1. The number of hydrogen-bond donors (Lipinski definition) is 0. The highest BCUT2D eigenvalue weighted by atomic mass is 32.1. The topological polar surface area (TPSA) is 63.2 Å². The lowest BCUT2D eigenvalue weighted by Gasteiger charge is -2.42. The highest BCUT2D eigenvalue weighted by Gasteiger charge is 2.42. The van der Waals surface area contributed by atoms with Crippen molar-refractivity contribution in [1.82, 2.24) is 0 Å². The van der Waals surface area contributed by atoms with Crippen molar-refractivity contribution in [2.45, 2.75) is 96.2 Å². The Morgan fingerprint density at radius 2 is 1.66 bits per heavy atom. The number of carbonyl (C=O) groups is 1. The van der Waals surface area contributed by atoms with Gasteiger partial charge in [-0.05, 0) is 73.8 Å². The second-order valence-corrected chi connectivity index (χ2v) is 18.5. The molecule has 0 spiro atoms. The van der Waals surface area contributed by atoms with Crippen LogP contribution in [-0.2, 0) is 20.3 Å². The van der Waals surface area contributed by atoms with Gasteiger partial charge < -0.3 is 23.4 Å². The lowest BCUT2D eigenvalue weighted by molar-refractivity contribution is -0.0701. The first-order chi connectivity index (χ1) is 19.4. The third kappa shape index (κ3) is 6.99. The van der Waals surface area contributed by atoms with Crippen LogP contribution in [0.4, 0.5) is 0 Å². The maximum Gasteiger partial charge on any atom is 0.338 e. The van der Waals surface area contributed by atoms with Crippen molar-refractivity contribution in [2.75, 3.05) is 21.3 Å². The summed E-state index contributed by atoms with van der Waals surface area (Å²) in [7, 11) is 2.57. The van der Waals surface area contributed by atoms with Gasteiger partial charge in [0.05, 0.1) is 45.2 Å². The Morgan fingerprint density at radius 3 is 2.22 bits per heavy atom. The normalized spacial score (nSPS) is 16.1. The summed E-state index contributed by atoms with van der Waals surface area (Å²) in [6, 6.07) is 12.1. The average molecular weight is 599 g/mol. The molecule has 1 aliphatic carbocycles. The van der Waals surface area contributed by atoms with Crippen molar-refractivity contribution in [3.05, 3.63) is 58.0 Å². The molecule has 1 aromatic heterocycles. The van der Waals surface area contributed by atoms with Gasteiger partial charge in [-0.1, -0.05) is 39.7 Å². The zero-order valence-electron chi connectivity index (χ0n) is 26.1. The number of methoxy groups -OCH3 is 3. The first-order valence-corrected chi connectivity index (χ1v) is 18.3. The molecule has 6 nitrogen and oxygen atoms in total. The van der Waals surface area contributed by atoms with Crippen LogP contribution in [0.2, 0.25) is 18.1 Å². The fraction of sp³-hybridized carbons (Fsp3) is 0.545. The molecular weight excluding hydrogens is 553 g/mol. The molecule has 1 fully saturated rings. The summed E-state index contributed by atoms with van der Waals surface area (Å²) in [5.74, 6) is 1.22. The number of hydrogen-bond acceptors (Lipinski definition) is 7. The molecule has 41 heavy (non-hydrogen) atoms. The van der Waals surface area contributed by atoms with E-state index in [0.29, 0.717) is 12.0 Å². The third-order valence-electron chi connectivity index (χ3n) is 8.76. The van der Waals surface area contributed by atoms with E-state index < -0.39 is 8.32 Å². The van der Waals surface area contributed by atoms with Crippen molar-refractivity contribution in [2.24, 2.45) is 0 Å². The van der Waals surface area contributed by atoms with E-state index in [0.717, 1.165) is 50.4 Å².